The Kier molecular flexibility index (Phi) is 11.2. The van der Waals surface area contributed by atoms with Crippen LogP contribution in [0.25, 0.3) is 0 Å². The van der Waals surface area contributed by atoms with Crippen LogP contribution in [0.15, 0.2) is 91.0 Å². The molecule has 1 aliphatic carbocycles. The average Bonchev–Trinajstić information content (AvgIpc) is 3.64. The van der Waals surface area contributed by atoms with E-state index < -0.39 is 47.4 Å². The fraction of sp³-hybridized carbons (Fsp3) is 0.325. The van der Waals surface area contributed by atoms with Gasteiger partial charge >= 0.3 is 18.3 Å². The fourth-order valence-electron chi connectivity index (χ4n) is 6.86. The van der Waals surface area contributed by atoms with Crippen molar-refractivity contribution in [1.82, 2.24) is 10.2 Å². The Balaban J connectivity index is 1.20. The lowest BCUT2D eigenvalue weighted by molar-refractivity contribution is -0.145. The zero-order valence-electron chi connectivity index (χ0n) is 28.8. The molecule has 14 heteroatoms. The predicted octanol–water partition coefficient (Wildman–Crippen LogP) is 9.13. The van der Waals surface area contributed by atoms with Gasteiger partial charge in [-0.25, -0.2) is 4.79 Å². The van der Waals surface area contributed by atoms with Crippen LogP contribution in [-0.4, -0.2) is 40.4 Å². The van der Waals surface area contributed by atoms with Crippen molar-refractivity contribution in [2.45, 2.75) is 69.4 Å². The standard InChI is InChI=1S/C40H36F6N2O6/c41-39(42,43)27-8-15-30(16-9-27)53-29-12-5-25(6-13-29)21-34(38(51)52)47-37(50)36-33-23-32(54-31-17-10-28(11-18-31)40(44,45)46)14-7-26(33)19-20-48(36)35(49)22-24-3-1-2-4-24/h5-18,23-24,34,36H,1-4,19-22H2,(H,47,50)(H,51,52)/t34-,36?/m0/s1. The first-order valence-corrected chi connectivity index (χ1v) is 17.4. The second-order valence-electron chi connectivity index (χ2n) is 13.5. The number of amides is 2. The molecule has 54 heavy (non-hydrogen) atoms. The maximum Gasteiger partial charge on any atom is 0.416 e. The van der Waals surface area contributed by atoms with Crippen LogP contribution in [-0.2, 0) is 39.6 Å². The second-order valence-corrected chi connectivity index (χ2v) is 13.5. The SMILES string of the molecule is O=C(N[C@@H](Cc1ccc(Oc2ccc(C(F)(F)F)cc2)cc1)C(=O)O)C1c2cc(Oc3ccc(C(F)(F)F)cc3)ccc2CCN1C(=O)CC1CCCC1. The number of nitrogens with one attached hydrogen (secondary N) is 1. The molecule has 0 bridgehead atoms. The minimum absolute atomic E-state index is 0.121. The summed E-state index contributed by atoms with van der Waals surface area (Å²) in [5.41, 5.74) is -0.0131. The van der Waals surface area contributed by atoms with Gasteiger partial charge in [0.05, 0.1) is 11.1 Å². The van der Waals surface area contributed by atoms with Crippen molar-refractivity contribution in [2.75, 3.05) is 6.54 Å². The second kappa shape index (κ2) is 15.8. The van der Waals surface area contributed by atoms with Crippen molar-refractivity contribution < 1.29 is 55.3 Å². The number of benzene rings is 4. The Bertz CT molecular complexity index is 1960. The normalized spacial score (nSPS) is 16.7. The summed E-state index contributed by atoms with van der Waals surface area (Å²) in [6, 6.07) is 16.7. The summed E-state index contributed by atoms with van der Waals surface area (Å²) in [4.78, 5) is 41.8. The van der Waals surface area contributed by atoms with Crippen molar-refractivity contribution in [2.24, 2.45) is 5.92 Å². The van der Waals surface area contributed by atoms with Crippen molar-refractivity contribution >= 4 is 17.8 Å². The number of carbonyl (C=O) groups excluding carboxylic acids is 2. The summed E-state index contributed by atoms with van der Waals surface area (Å²) in [5, 5.41) is 12.8. The number of fused-ring (bicyclic) bond motifs is 1. The Labute approximate surface area is 306 Å². The molecule has 2 N–H and O–H groups in total. The summed E-state index contributed by atoms with van der Waals surface area (Å²) in [7, 11) is 0. The van der Waals surface area contributed by atoms with Crippen LogP contribution in [0, 0.1) is 5.92 Å². The third-order valence-electron chi connectivity index (χ3n) is 9.66. The highest BCUT2D eigenvalue weighted by Gasteiger charge is 2.39. The Hall–Kier alpha value is -5.53. The van der Waals surface area contributed by atoms with E-state index in [1.165, 1.54) is 41.3 Å². The van der Waals surface area contributed by atoms with Crippen LogP contribution in [0.5, 0.6) is 23.0 Å². The Morgan fingerprint density at radius 2 is 1.24 bits per heavy atom. The number of halogens is 6. The van der Waals surface area contributed by atoms with Crippen molar-refractivity contribution in [3.63, 3.8) is 0 Å². The van der Waals surface area contributed by atoms with E-state index in [-0.39, 0.29) is 48.5 Å². The van der Waals surface area contributed by atoms with Gasteiger partial charge in [-0.3, -0.25) is 9.59 Å². The predicted molar refractivity (Wildman–Crippen MR) is 184 cm³/mol. The third kappa shape index (κ3) is 9.33. The molecule has 2 atom stereocenters. The Morgan fingerprint density at radius 1 is 0.741 bits per heavy atom. The summed E-state index contributed by atoms with van der Waals surface area (Å²) in [6.45, 7) is 0.216. The molecule has 4 aromatic rings. The van der Waals surface area contributed by atoms with E-state index in [0.717, 1.165) is 55.5 Å². The van der Waals surface area contributed by atoms with Crippen LogP contribution in [0.1, 0.15) is 66.0 Å². The van der Waals surface area contributed by atoms with E-state index in [2.05, 4.69) is 5.32 Å². The highest BCUT2D eigenvalue weighted by atomic mass is 19.4. The van der Waals surface area contributed by atoms with Crippen LogP contribution in [0.2, 0.25) is 0 Å². The number of hydrogen-bond acceptors (Lipinski definition) is 5. The number of carboxylic acid groups (broad SMARTS) is 1. The zero-order valence-corrected chi connectivity index (χ0v) is 28.8. The summed E-state index contributed by atoms with van der Waals surface area (Å²) in [5.74, 6) is -1.32. The van der Waals surface area contributed by atoms with Gasteiger partial charge in [-0.1, -0.05) is 31.0 Å². The molecule has 6 rings (SSSR count). The van der Waals surface area contributed by atoms with Crippen LogP contribution in [0.4, 0.5) is 26.3 Å². The van der Waals surface area contributed by atoms with Crippen LogP contribution >= 0.6 is 0 Å². The summed E-state index contributed by atoms with van der Waals surface area (Å²) >= 11 is 0. The van der Waals surface area contributed by atoms with Gasteiger partial charge in [-0.05, 0) is 115 Å². The highest BCUT2D eigenvalue weighted by Crippen LogP contribution is 2.38. The number of rotatable bonds is 11. The van der Waals surface area contributed by atoms with Gasteiger partial charge in [-0.2, -0.15) is 26.3 Å². The van der Waals surface area contributed by atoms with E-state index >= 15 is 0 Å². The lowest BCUT2D eigenvalue weighted by atomic mass is 9.90. The summed E-state index contributed by atoms with van der Waals surface area (Å²) < 4.78 is 89.5. The maximum atomic E-state index is 14.2. The molecule has 4 aromatic carbocycles. The lowest BCUT2D eigenvalue weighted by Gasteiger charge is -2.37. The van der Waals surface area contributed by atoms with Gasteiger partial charge < -0.3 is 24.8 Å². The lowest BCUT2D eigenvalue weighted by Crippen LogP contribution is -2.51. The van der Waals surface area contributed by atoms with Crippen molar-refractivity contribution in [3.05, 3.63) is 119 Å². The van der Waals surface area contributed by atoms with Crippen LogP contribution in [0.3, 0.4) is 0 Å². The molecule has 2 amide bonds. The third-order valence-corrected chi connectivity index (χ3v) is 9.66. The molecule has 0 radical (unpaired) electrons. The first kappa shape index (κ1) is 38.2. The first-order chi connectivity index (χ1) is 25.6. The largest absolute Gasteiger partial charge is 0.480 e. The zero-order chi connectivity index (χ0) is 38.6. The van der Waals surface area contributed by atoms with Gasteiger partial charge in [0, 0.05) is 19.4 Å². The van der Waals surface area contributed by atoms with E-state index in [1.807, 2.05) is 0 Å². The number of carbonyl (C=O) groups is 3. The van der Waals surface area contributed by atoms with E-state index in [0.29, 0.717) is 23.3 Å². The smallest absolute Gasteiger partial charge is 0.416 e. The first-order valence-electron chi connectivity index (χ1n) is 17.4. The number of nitrogens with zero attached hydrogens (tertiary/aromatic N) is 1. The molecule has 0 saturated heterocycles. The molecule has 0 spiro atoms. The topological polar surface area (TPSA) is 105 Å². The van der Waals surface area contributed by atoms with Gasteiger partial charge in [0.15, 0.2) is 0 Å². The molecular formula is C40H36F6N2O6. The minimum atomic E-state index is -4.52. The molecular weight excluding hydrogens is 718 g/mol. The Morgan fingerprint density at radius 3 is 1.76 bits per heavy atom. The highest BCUT2D eigenvalue weighted by molar-refractivity contribution is 5.92. The average molecular weight is 755 g/mol. The fourth-order valence-corrected chi connectivity index (χ4v) is 6.86. The number of alkyl halides is 6. The molecule has 8 nitrogen and oxygen atoms in total. The number of hydrogen-bond donors (Lipinski definition) is 2. The number of carboxylic acids is 1. The summed E-state index contributed by atoms with van der Waals surface area (Å²) in [6.07, 6.45) is -4.69. The molecule has 284 valence electrons. The number of aliphatic carboxylic acids is 1. The molecule has 1 fully saturated rings. The van der Waals surface area contributed by atoms with Crippen molar-refractivity contribution in [1.29, 1.82) is 0 Å². The molecule has 0 aromatic heterocycles. The molecule has 1 aliphatic heterocycles. The van der Waals surface area contributed by atoms with Crippen molar-refractivity contribution in [3.8, 4) is 23.0 Å². The van der Waals surface area contributed by atoms with Gasteiger partial charge in [0.2, 0.25) is 11.8 Å². The number of ether oxygens (including phenoxy) is 2. The van der Waals surface area contributed by atoms with Crippen LogP contribution < -0.4 is 14.8 Å². The minimum Gasteiger partial charge on any atom is -0.480 e. The quantitative estimate of drug-likeness (QED) is 0.148. The molecule has 1 saturated carbocycles. The van der Waals surface area contributed by atoms with Gasteiger partial charge in [0.25, 0.3) is 0 Å². The maximum absolute atomic E-state index is 14.2. The van der Waals surface area contributed by atoms with Gasteiger partial charge in [-0.15, -0.1) is 0 Å². The molecule has 2 aliphatic rings. The molecule has 1 unspecified atom stereocenters. The van der Waals surface area contributed by atoms with Gasteiger partial charge in [0.1, 0.15) is 35.1 Å². The van der Waals surface area contributed by atoms with E-state index in [1.54, 1.807) is 30.3 Å². The van der Waals surface area contributed by atoms with E-state index in [4.69, 9.17) is 9.47 Å². The monoisotopic (exact) mass is 754 g/mol. The molecule has 1 heterocycles. The van der Waals surface area contributed by atoms with E-state index in [9.17, 15) is 45.8 Å².